The van der Waals surface area contributed by atoms with Crippen LogP contribution < -0.4 is 16.4 Å². The van der Waals surface area contributed by atoms with Crippen LogP contribution in [0.4, 0.5) is 21.5 Å². The van der Waals surface area contributed by atoms with E-state index in [1.54, 1.807) is 6.07 Å². The summed E-state index contributed by atoms with van der Waals surface area (Å²) in [6.45, 7) is 6.08. The normalized spacial score (nSPS) is 18.3. The van der Waals surface area contributed by atoms with Crippen molar-refractivity contribution in [2.45, 2.75) is 39.5 Å². The molecule has 4 N–H and O–H groups in total. The maximum Gasteiger partial charge on any atom is 0.169 e. The van der Waals surface area contributed by atoms with E-state index in [-0.39, 0.29) is 10.7 Å². The first kappa shape index (κ1) is 15.2. The van der Waals surface area contributed by atoms with Crippen LogP contribution in [0.2, 0.25) is 5.02 Å². The monoisotopic (exact) mass is 299 g/mol. The first-order valence-corrected chi connectivity index (χ1v) is 7.60. The zero-order valence-corrected chi connectivity index (χ0v) is 12.9. The summed E-state index contributed by atoms with van der Waals surface area (Å²) < 4.78 is 14.3. The van der Waals surface area contributed by atoms with E-state index < -0.39 is 5.82 Å². The van der Waals surface area contributed by atoms with Crippen molar-refractivity contribution in [3.63, 3.8) is 0 Å². The average molecular weight is 300 g/mol. The Hall–Kier alpha value is -1.16. The maximum absolute atomic E-state index is 14.3. The Bertz CT molecular complexity index is 490. The molecule has 0 bridgehead atoms. The number of anilines is 3. The Morgan fingerprint density at radius 2 is 1.75 bits per heavy atom. The molecular formula is C15H23ClFN3. The molecular weight excluding hydrogens is 277 g/mol. The number of hydrogen-bond acceptors (Lipinski definition) is 3. The van der Waals surface area contributed by atoms with Gasteiger partial charge in [-0.1, -0.05) is 38.3 Å². The van der Waals surface area contributed by atoms with Crippen LogP contribution in [-0.2, 0) is 0 Å². The van der Waals surface area contributed by atoms with E-state index >= 15 is 0 Å². The highest BCUT2D eigenvalue weighted by molar-refractivity contribution is 6.33. The van der Waals surface area contributed by atoms with Gasteiger partial charge in [0.25, 0.3) is 0 Å². The molecule has 1 aliphatic heterocycles. The van der Waals surface area contributed by atoms with Crippen molar-refractivity contribution >= 4 is 28.7 Å². The number of piperidine rings is 1. The van der Waals surface area contributed by atoms with E-state index in [0.29, 0.717) is 16.8 Å². The zero-order chi connectivity index (χ0) is 14.9. The lowest BCUT2D eigenvalue weighted by Crippen LogP contribution is -2.40. The molecule has 1 aromatic rings. The van der Waals surface area contributed by atoms with Gasteiger partial charge in [-0.3, -0.25) is 0 Å². The fourth-order valence-electron chi connectivity index (χ4n) is 3.14. The molecule has 0 amide bonds. The molecule has 0 unspecified atom stereocenters. The molecule has 0 aromatic heterocycles. The van der Waals surface area contributed by atoms with Crippen LogP contribution in [0.1, 0.15) is 39.5 Å². The van der Waals surface area contributed by atoms with Gasteiger partial charge in [0.15, 0.2) is 5.82 Å². The molecule has 112 valence electrons. The van der Waals surface area contributed by atoms with Crippen molar-refractivity contribution in [1.82, 2.24) is 0 Å². The molecule has 1 fully saturated rings. The van der Waals surface area contributed by atoms with Crippen LogP contribution in [-0.4, -0.2) is 13.1 Å². The summed E-state index contributed by atoms with van der Waals surface area (Å²) in [4.78, 5) is 2.00. The largest absolute Gasteiger partial charge is 0.397 e. The number of halogens is 2. The molecule has 0 radical (unpaired) electrons. The van der Waals surface area contributed by atoms with Gasteiger partial charge in [-0.05, 0) is 24.3 Å². The highest BCUT2D eigenvalue weighted by Gasteiger charge is 2.33. The predicted molar refractivity (Wildman–Crippen MR) is 84.7 cm³/mol. The molecule has 20 heavy (non-hydrogen) atoms. The van der Waals surface area contributed by atoms with E-state index in [0.717, 1.165) is 38.8 Å². The van der Waals surface area contributed by atoms with Gasteiger partial charge < -0.3 is 16.4 Å². The van der Waals surface area contributed by atoms with Crippen LogP contribution in [0.3, 0.4) is 0 Å². The summed E-state index contributed by atoms with van der Waals surface area (Å²) in [7, 11) is 0. The van der Waals surface area contributed by atoms with Crippen molar-refractivity contribution < 1.29 is 4.39 Å². The van der Waals surface area contributed by atoms with Gasteiger partial charge in [-0.15, -0.1) is 0 Å². The third-order valence-electron chi connectivity index (χ3n) is 4.88. The Morgan fingerprint density at radius 3 is 2.25 bits per heavy atom. The Morgan fingerprint density at radius 1 is 1.20 bits per heavy atom. The third-order valence-corrected chi connectivity index (χ3v) is 5.26. The molecule has 3 nitrogen and oxygen atoms in total. The molecule has 5 heteroatoms. The quantitative estimate of drug-likeness (QED) is 0.828. The minimum absolute atomic E-state index is 0.0305. The molecule has 1 saturated heterocycles. The van der Waals surface area contributed by atoms with Gasteiger partial charge in [-0.2, -0.15) is 0 Å². The van der Waals surface area contributed by atoms with Gasteiger partial charge in [0.2, 0.25) is 0 Å². The molecule has 2 rings (SSSR count). The minimum atomic E-state index is -0.496. The van der Waals surface area contributed by atoms with Crippen LogP contribution in [0.15, 0.2) is 6.07 Å². The standard InChI is InChI=1S/C15H23ClFN3/c1-3-15(4-2)5-7-20(8-6-15)14-11(19)9-10(18)12(16)13(14)17/h9H,3-8,18-19H2,1-2H3. The lowest BCUT2D eigenvalue weighted by molar-refractivity contribution is 0.199. The zero-order valence-electron chi connectivity index (χ0n) is 12.2. The summed E-state index contributed by atoms with van der Waals surface area (Å²) in [5, 5.41) is -0.0305. The van der Waals surface area contributed by atoms with Crippen molar-refractivity contribution in [2.24, 2.45) is 5.41 Å². The highest BCUT2D eigenvalue weighted by atomic mass is 35.5. The van der Waals surface area contributed by atoms with Gasteiger partial charge in [0.05, 0.1) is 17.1 Å². The number of rotatable bonds is 3. The van der Waals surface area contributed by atoms with Crippen molar-refractivity contribution in [3.8, 4) is 0 Å². The number of nitrogens with zero attached hydrogens (tertiary/aromatic N) is 1. The smallest absolute Gasteiger partial charge is 0.169 e. The molecule has 0 atom stereocenters. The second-order valence-corrected chi connectivity index (χ2v) is 6.10. The molecule has 1 aromatic carbocycles. The molecule has 0 aliphatic carbocycles. The summed E-state index contributed by atoms with van der Waals surface area (Å²) in [5.41, 5.74) is 12.9. The third kappa shape index (κ3) is 2.53. The van der Waals surface area contributed by atoms with Crippen molar-refractivity contribution in [3.05, 3.63) is 16.9 Å². The summed E-state index contributed by atoms with van der Waals surface area (Å²) in [6.07, 6.45) is 4.44. The molecule has 0 spiro atoms. The van der Waals surface area contributed by atoms with Crippen LogP contribution >= 0.6 is 11.6 Å². The van der Waals surface area contributed by atoms with Crippen molar-refractivity contribution in [1.29, 1.82) is 0 Å². The topological polar surface area (TPSA) is 55.3 Å². The van der Waals surface area contributed by atoms with Crippen LogP contribution in [0.25, 0.3) is 0 Å². The number of benzene rings is 1. The van der Waals surface area contributed by atoms with Gasteiger partial charge >= 0.3 is 0 Å². The maximum atomic E-state index is 14.3. The predicted octanol–water partition coefficient (Wildman–Crippen LogP) is 4.05. The van der Waals surface area contributed by atoms with Crippen LogP contribution in [0.5, 0.6) is 0 Å². The highest BCUT2D eigenvalue weighted by Crippen LogP contribution is 2.42. The Labute approximate surface area is 125 Å². The second kappa shape index (κ2) is 5.68. The molecule has 0 saturated carbocycles. The lowest BCUT2D eigenvalue weighted by atomic mass is 9.74. The molecule has 1 heterocycles. The van der Waals surface area contributed by atoms with E-state index in [1.165, 1.54) is 0 Å². The van der Waals surface area contributed by atoms with E-state index in [1.807, 2.05) is 4.90 Å². The summed E-state index contributed by atoms with van der Waals surface area (Å²) >= 11 is 5.90. The Balaban J connectivity index is 2.26. The fraction of sp³-hybridized carbons (Fsp3) is 0.600. The number of hydrogen-bond donors (Lipinski definition) is 2. The second-order valence-electron chi connectivity index (χ2n) is 5.73. The van der Waals surface area contributed by atoms with E-state index in [4.69, 9.17) is 23.1 Å². The molecule has 1 aliphatic rings. The SMILES string of the molecule is CCC1(CC)CCN(c2c(N)cc(N)c(Cl)c2F)CC1. The number of nitrogen functional groups attached to an aromatic ring is 2. The van der Waals surface area contributed by atoms with Gasteiger partial charge in [-0.25, -0.2) is 4.39 Å². The Kier molecular flexibility index (Phi) is 4.33. The summed E-state index contributed by atoms with van der Waals surface area (Å²) in [6, 6.07) is 1.54. The van der Waals surface area contributed by atoms with Crippen molar-refractivity contribution in [2.75, 3.05) is 29.5 Å². The van der Waals surface area contributed by atoms with Gasteiger partial charge in [0.1, 0.15) is 5.02 Å². The van der Waals surface area contributed by atoms with Crippen LogP contribution in [0, 0.1) is 11.2 Å². The lowest BCUT2D eigenvalue weighted by Gasteiger charge is -2.42. The number of nitrogens with two attached hydrogens (primary N) is 2. The first-order valence-electron chi connectivity index (χ1n) is 7.22. The fourth-order valence-corrected chi connectivity index (χ4v) is 3.28. The van der Waals surface area contributed by atoms with E-state index in [9.17, 15) is 4.39 Å². The first-order chi connectivity index (χ1) is 9.44. The average Bonchev–Trinajstić information content (AvgIpc) is 2.46. The summed E-state index contributed by atoms with van der Waals surface area (Å²) in [5.74, 6) is -0.496. The minimum Gasteiger partial charge on any atom is -0.397 e. The van der Waals surface area contributed by atoms with Gasteiger partial charge in [0, 0.05) is 13.1 Å². The van der Waals surface area contributed by atoms with E-state index in [2.05, 4.69) is 13.8 Å².